The van der Waals surface area contributed by atoms with Gasteiger partial charge in [-0.3, -0.25) is 14.3 Å². The summed E-state index contributed by atoms with van der Waals surface area (Å²) in [6, 6.07) is 0. The molecule has 2 rings (SSSR count). The third kappa shape index (κ3) is 3.10. The van der Waals surface area contributed by atoms with Crippen molar-refractivity contribution >= 4 is 11.9 Å². The molecule has 0 bridgehead atoms. The number of hydrogen-bond donors (Lipinski definition) is 2. The number of carbonyl (C=O) groups excluding carboxylic acids is 1. The largest absolute Gasteiger partial charge is 0.481 e. The molecule has 0 aromatic carbocycles. The van der Waals surface area contributed by atoms with E-state index in [1.807, 2.05) is 6.92 Å². The van der Waals surface area contributed by atoms with Gasteiger partial charge in [0.15, 0.2) is 5.82 Å². The second-order valence-corrected chi connectivity index (χ2v) is 5.18. The zero-order valence-corrected chi connectivity index (χ0v) is 11.0. The van der Waals surface area contributed by atoms with Crippen molar-refractivity contribution in [1.82, 2.24) is 20.1 Å². The summed E-state index contributed by atoms with van der Waals surface area (Å²) >= 11 is 0. The molecule has 7 heteroatoms. The number of amides is 1. The lowest BCUT2D eigenvalue weighted by Gasteiger charge is -2.14. The summed E-state index contributed by atoms with van der Waals surface area (Å²) in [7, 11) is 1.75. The van der Waals surface area contributed by atoms with E-state index in [2.05, 4.69) is 15.4 Å². The van der Waals surface area contributed by atoms with Crippen molar-refractivity contribution in [2.45, 2.75) is 26.3 Å². The van der Waals surface area contributed by atoms with Crippen LogP contribution in [0.3, 0.4) is 0 Å². The Morgan fingerprint density at radius 1 is 1.47 bits per heavy atom. The van der Waals surface area contributed by atoms with Gasteiger partial charge in [0.25, 0.3) is 0 Å². The molecular formula is C12H18N4O3. The molecule has 19 heavy (non-hydrogen) atoms. The number of aromatic nitrogens is 3. The molecule has 0 saturated heterocycles. The second-order valence-electron chi connectivity index (χ2n) is 5.18. The molecule has 2 N–H and O–H groups in total. The average molecular weight is 266 g/mol. The quantitative estimate of drug-likeness (QED) is 0.810. The number of rotatable bonds is 4. The third-order valence-corrected chi connectivity index (χ3v) is 3.52. The van der Waals surface area contributed by atoms with Gasteiger partial charge in [0.2, 0.25) is 5.91 Å². The van der Waals surface area contributed by atoms with Crippen LogP contribution in [0.1, 0.15) is 25.6 Å². The van der Waals surface area contributed by atoms with Crippen LogP contribution < -0.4 is 5.32 Å². The summed E-state index contributed by atoms with van der Waals surface area (Å²) in [4.78, 5) is 27.2. The van der Waals surface area contributed by atoms with E-state index in [1.165, 1.54) is 0 Å². The first kappa shape index (κ1) is 13.5. The topological polar surface area (TPSA) is 97.1 Å². The molecular weight excluding hydrogens is 248 g/mol. The highest BCUT2D eigenvalue weighted by Gasteiger charge is 2.41. The van der Waals surface area contributed by atoms with Gasteiger partial charge in [-0.25, -0.2) is 4.98 Å². The Morgan fingerprint density at radius 2 is 2.16 bits per heavy atom. The molecule has 0 radical (unpaired) electrons. The fraction of sp³-hybridized carbons (Fsp3) is 0.667. The van der Waals surface area contributed by atoms with Crippen molar-refractivity contribution in [1.29, 1.82) is 0 Å². The van der Waals surface area contributed by atoms with Crippen molar-refractivity contribution in [3.63, 3.8) is 0 Å². The lowest BCUT2D eigenvalue weighted by Crippen LogP contribution is -2.35. The molecule has 1 aliphatic rings. The van der Waals surface area contributed by atoms with E-state index in [9.17, 15) is 9.59 Å². The molecule has 1 amide bonds. The van der Waals surface area contributed by atoms with Crippen LogP contribution >= 0.6 is 0 Å². The SMILES string of the molecule is CC1C[C@H](C(=O)NCc2ncn(C)n2)[C@H](C(=O)O)C1. The molecule has 104 valence electrons. The number of nitrogens with one attached hydrogen (secondary N) is 1. The summed E-state index contributed by atoms with van der Waals surface area (Å²) < 4.78 is 1.55. The van der Waals surface area contributed by atoms with Crippen molar-refractivity contribution in [3.05, 3.63) is 12.2 Å². The fourth-order valence-electron chi connectivity index (χ4n) is 2.62. The molecule has 0 spiro atoms. The normalized spacial score (nSPS) is 26.3. The first-order valence-corrected chi connectivity index (χ1v) is 6.32. The zero-order valence-electron chi connectivity index (χ0n) is 11.0. The Bertz CT molecular complexity index is 485. The van der Waals surface area contributed by atoms with Gasteiger partial charge in [-0.1, -0.05) is 6.92 Å². The number of aliphatic carboxylic acids is 1. The van der Waals surface area contributed by atoms with Gasteiger partial charge in [-0.2, -0.15) is 5.10 Å². The third-order valence-electron chi connectivity index (χ3n) is 3.52. The smallest absolute Gasteiger partial charge is 0.307 e. The Kier molecular flexibility index (Phi) is 3.82. The van der Waals surface area contributed by atoms with Crippen molar-refractivity contribution in [2.75, 3.05) is 0 Å². The predicted octanol–water partition coefficient (Wildman–Crippen LogP) is 0.178. The molecule has 3 atom stereocenters. The van der Waals surface area contributed by atoms with E-state index in [0.717, 1.165) is 0 Å². The number of carboxylic acid groups (broad SMARTS) is 1. The summed E-state index contributed by atoms with van der Waals surface area (Å²) in [6.07, 6.45) is 2.74. The molecule has 1 unspecified atom stereocenters. The Balaban J connectivity index is 1.93. The van der Waals surface area contributed by atoms with Gasteiger partial charge >= 0.3 is 5.97 Å². The monoisotopic (exact) mass is 266 g/mol. The van der Waals surface area contributed by atoms with E-state index in [-0.39, 0.29) is 18.4 Å². The van der Waals surface area contributed by atoms with E-state index >= 15 is 0 Å². The lowest BCUT2D eigenvalue weighted by molar-refractivity contribution is -0.146. The van der Waals surface area contributed by atoms with E-state index in [0.29, 0.717) is 18.7 Å². The number of hydrogen-bond acceptors (Lipinski definition) is 4. The van der Waals surface area contributed by atoms with Crippen LogP contribution in [0.15, 0.2) is 6.33 Å². The maximum Gasteiger partial charge on any atom is 0.307 e. The summed E-state index contributed by atoms with van der Waals surface area (Å²) in [6.45, 7) is 2.21. The van der Waals surface area contributed by atoms with E-state index in [4.69, 9.17) is 5.11 Å². The molecule has 1 aromatic heterocycles. The Morgan fingerprint density at radius 3 is 2.74 bits per heavy atom. The molecule has 7 nitrogen and oxygen atoms in total. The minimum atomic E-state index is -0.888. The van der Waals surface area contributed by atoms with Crippen LogP contribution in [0.25, 0.3) is 0 Å². The number of aryl methyl sites for hydroxylation is 1. The maximum atomic E-state index is 12.0. The first-order chi connectivity index (χ1) is 8.97. The van der Waals surface area contributed by atoms with Crippen molar-refractivity contribution < 1.29 is 14.7 Å². The van der Waals surface area contributed by atoms with Crippen LogP contribution in [0.2, 0.25) is 0 Å². The van der Waals surface area contributed by atoms with Crippen LogP contribution in [0, 0.1) is 17.8 Å². The Hall–Kier alpha value is -1.92. The van der Waals surface area contributed by atoms with Gasteiger partial charge < -0.3 is 10.4 Å². The summed E-state index contributed by atoms with van der Waals surface area (Å²) in [5.74, 6) is -1.34. The minimum absolute atomic E-state index is 0.218. The highest BCUT2D eigenvalue weighted by atomic mass is 16.4. The first-order valence-electron chi connectivity index (χ1n) is 6.32. The second kappa shape index (κ2) is 5.38. The van der Waals surface area contributed by atoms with Crippen LogP contribution in [0.4, 0.5) is 0 Å². The van der Waals surface area contributed by atoms with Crippen molar-refractivity contribution in [3.8, 4) is 0 Å². The molecule has 1 aliphatic carbocycles. The number of carbonyl (C=O) groups is 2. The average Bonchev–Trinajstić information content (AvgIpc) is 2.92. The highest BCUT2D eigenvalue weighted by Crippen LogP contribution is 2.36. The molecule has 1 aromatic rings. The fourth-order valence-corrected chi connectivity index (χ4v) is 2.62. The van der Waals surface area contributed by atoms with Gasteiger partial charge in [0, 0.05) is 7.05 Å². The van der Waals surface area contributed by atoms with E-state index in [1.54, 1.807) is 18.1 Å². The van der Waals surface area contributed by atoms with Gasteiger partial charge in [0.1, 0.15) is 6.33 Å². The maximum absolute atomic E-state index is 12.0. The molecule has 1 saturated carbocycles. The van der Waals surface area contributed by atoms with Gasteiger partial charge in [-0.15, -0.1) is 0 Å². The summed E-state index contributed by atoms with van der Waals surface area (Å²) in [5.41, 5.74) is 0. The van der Waals surface area contributed by atoms with Crippen LogP contribution in [-0.4, -0.2) is 31.7 Å². The highest BCUT2D eigenvalue weighted by molar-refractivity contribution is 5.85. The number of nitrogens with zero attached hydrogens (tertiary/aromatic N) is 3. The zero-order chi connectivity index (χ0) is 14.0. The van der Waals surface area contributed by atoms with Crippen LogP contribution in [-0.2, 0) is 23.2 Å². The predicted molar refractivity (Wildman–Crippen MR) is 65.9 cm³/mol. The molecule has 1 heterocycles. The number of carboxylic acids is 1. The van der Waals surface area contributed by atoms with Crippen LogP contribution in [0.5, 0.6) is 0 Å². The minimum Gasteiger partial charge on any atom is -0.481 e. The van der Waals surface area contributed by atoms with Gasteiger partial charge in [0.05, 0.1) is 18.4 Å². The lowest BCUT2D eigenvalue weighted by atomic mass is 9.95. The molecule has 1 fully saturated rings. The molecule has 0 aliphatic heterocycles. The summed E-state index contributed by atoms with van der Waals surface area (Å²) in [5, 5.41) is 15.9. The standard InChI is InChI=1S/C12H18N4O3/c1-7-3-8(9(4-7)12(18)19)11(17)13-5-10-14-6-16(2)15-10/h6-9H,3-5H2,1-2H3,(H,13,17)(H,18,19)/t7?,8-,9+/m0/s1. The van der Waals surface area contributed by atoms with Crippen molar-refractivity contribution in [2.24, 2.45) is 24.8 Å². The van der Waals surface area contributed by atoms with E-state index < -0.39 is 17.8 Å². The van der Waals surface area contributed by atoms with Gasteiger partial charge in [-0.05, 0) is 18.8 Å². The Labute approximate surface area is 111 Å².